The zero-order valence-corrected chi connectivity index (χ0v) is 20.6. The number of hydrogen-bond donors (Lipinski definition) is 1. The summed E-state index contributed by atoms with van der Waals surface area (Å²) in [6.45, 7) is 6.93. The fourth-order valence-electron chi connectivity index (χ4n) is 9.15. The van der Waals surface area contributed by atoms with Gasteiger partial charge in [0.2, 0.25) is 0 Å². The van der Waals surface area contributed by atoms with Crippen molar-refractivity contribution in [2.45, 2.75) is 90.2 Å². The maximum absolute atomic E-state index is 13.2. The Morgan fingerprint density at radius 1 is 0.969 bits per heavy atom. The number of carbonyl (C=O) groups excluding carboxylic acids is 1. The smallest absolute Gasteiger partial charge is 0.253 e. The molecule has 176 valence electrons. The van der Waals surface area contributed by atoms with Crippen molar-refractivity contribution in [3.63, 3.8) is 0 Å². The minimum absolute atomic E-state index is 0.161. The fraction of sp³-hybridized carbons (Fsp3) is 0.759. The molecule has 4 fully saturated rings. The number of hydrogen-bond acceptors (Lipinski definition) is 2. The van der Waals surface area contributed by atoms with Crippen LogP contribution < -0.4 is 0 Å². The average molecular weight is 438 g/mol. The third-order valence-corrected chi connectivity index (χ3v) is 10.8. The van der Waals surface area contributed by atoms with Gasteiger partial charge in [0.25, 0.3) is 5.91 Å². The van der Waals surface area contributed by atoms with E-state index in [-0.39, 0.29) is 11.9 Å². The Morgan fingerprint density at radius 2 is 1.69 bits per heavy atom. The van der Waals surface area contributed by atoms with E-state index in [1.807, 2.05) is 42.3 Å². The molecule has 1 unspecified atom stereocenters. The summed E-state index contributed by atoms with van der Waals surface area (Å²) in [5.41, 5.74) is 0.733. The van der Waals surface area contributed by atoms with Crippen molar-refractivity contribution < 1.29 is 9.90 Å². The zero-order chi connectivity index (χ0) is 22.7. The molecule has 9 atom stereocenters. The monoisotopic (exact) mass is 437 g/mol. The summed E-state index contributed by atoms with van der Waals surface area (Å²) in [6, 6.07) is 10.0. The summed E-state index contributed by atoms with van der Waals surface area (Å²) in [4.78, 5) is 15.2. The van der Waals surface area contributed by atoms with Crippen molar-refractivity contribution in [2.24, 2.45) is 40.9 Å². The van der Waals surface area contributed by atoms with E-state index >= 15 is 0 Å². The summed E-state index contributed by atoms with van der Waals surface area (Å²) < 4.78 is 0. The summed E-state index contributed by atoms with van der Waals surface area (Å²) in [5, 5.41) is 10.6. The quantitative estimate of drug-likeness (QED) is 0.614. The zero-order valence-electron chi connectivity index (χ0n) is 20.6. The minimum atomic E-state index is -0.430. The van der Waals surface area contributed by atoms with Crippen LogP contribution in [0.15, 0.2) is 30.3 Å². The molecule has 1 amide bonds. The Bertz CT molecular complexity index is 835. The van der Waals surface area contributed by atoms with Gasteiger partial charge in [-0.3, -0.25) is 4.79 Å². The van der Waals surface area contributed by atoms with Crippen LogP contribution >= 0.6 is 0 Å². The molecular weight excluding hydrogens is 394 g/mol. The predicted octanol–water partition coefficient (Wildman–Crippen LogP) is 6.17. The van der Waals surface area contributed by atoms with Crippen LogP contribution in [0, 0.1) is 40.9 Å². The van der Waals surface area contributed by atoms with Gasteiger partial charge >= 0.3 is 0 Å². The van der Waals surface area contributed by atoms with Crippen LogP contribution in [0.5, 0.6) is 0 Å². The lowest BCUT2D eigenvalue weighted by Gasteiger charge is -2.57. The van der Waals surface area contributed by atoms with Crippen molar-refractivity contribution in [3.8, 4) is 0 Å². The van der Waals surface area contributed by atoms with Crippen LogP contribution in [0.1, 0.15) is 88.9 Å². The first kappa shape index (κ1) is 22.4. The fourth-order valence-corrected chi connectivity index (χ4v) is 9.15. The molecule has 0 radical (unpaired) electrons. The Balaban J connectivity index is 1.31. The highest BCUT2D eigenvalue weighted by Crippen LogP contribution is 2.65. The molecule has 0 saturated heterocycles. The minimum Gasteiger partial charge on any atom is -0.390 e. The second kappa shape index (κ2) is 8.15. The molecule has 1 aromatic rings. The average Bonchev–Trinajstić information content (AvgIpc) is 3.14. The van der Waals surface area contributed by atoms with Crippen LogP contribution in [0.3, 0.4) is 0 Å². The third kappa shape index (κ3) is 3.63. The normalized spacial score (nSPS) is 44.2. The summed E-state index contributed by atoms with van der Waals surface area (Å²) in [7, 11) is 2.02. The van der Waals surface area contributed by atoms with Gasteiger partial charge in [-0.25, -0.2) is 0 Å². The summed E-state index contributed by atoms with van der Waals surface area (Å²) in [6.07, 6.45) is 11.2. The van der Waals surface area contributed by atoms with Crippen LogP contribution in [0.25, 0.3) is 0 Å². The Kier molecular flexibility index (Phi) is 5.72. The first-order chi connectivity index (χ1) is 15.2. The van der Waals surface area contributed by atoms with E-state index in [0.29, 0.717) is 11.3 Å². The molecule has 0 aliphatic heterocycles. The van der Waals surface area contributed by atoms with Gasteiger partial charge in [-0.05, 0) is 125 Å². The van der Waals surface area contributed by atoms with E-state index in [1.54, 1.807) is 0 Å². The molecule has 0 aromatic heterocycles. The molecule has 4 aliphatic rings. The molecule has 32 heavy (non-hydrogen) atoms. The van der Waals surface area contributed by atoms with Crippen molar-refractivity contribution in [1.29, 1.82) is 0 Å². The van der Waals surface area contributed by atoms with E-state index in [4.69, 9.17) is 0 Å². The topological polar surface area (TPSA) is 40.5 Å². The van der Waals surface area contributed by atoms with Gasteiger partial charge in [0, 0.05) is 18.7 Å². The summed E-state index contributed by atoms with van der Waals surface area (Å²) >= 11 is 0. The van der Waals surface area contributed by atoms with Gasteiger partial charge in [-0.2, -0.15) is 0 Å². The molecule has 4 saturated carbocycles. The summed E-state index contributed by atoms with van der Waals surface area (Å²) in [5.74, 6) is 4.90. The molecule has 0 heterocycles. The number of benzene rings is 1. The maximum Gasteiger partial charge on any atom is 0.253 e. The van der Waals surface area contributed by atoms with E-state index in [1.165, 1.54) is 44.9 Å². The van der Waals surface area contributed by atoms with Gasteiger partial charge in [-0.15, -0.1) is 0 Å². The van der Waals surface area contributed by atoms with E-state index in [9.17, 15) is 9.90 Å². The van der Waals surface area contributed by atoms with Crippen LogP contribution in [0.2, 0.25) is 0 Å². The molecule has 3 heteroatoms. The molecule has 1 N–H and O–H groups in total. The van der Waals surface area contributed by atoms with E-state index < -0.39 is 5.60 Å². The first-order valence-electron chi connectivity index (χ1n) is 13.3. The van der Waals surface area contributed by atoms with Gasteiger partial charge in [0.05, 0.1) is 5.60 Å². The molecule has 0 spiro atoms. The number of nitrogens with zero attached hydrogens (tertiary/aromatic N) is 1. The first-order valence-corrected chi connectivity index (χ1v) is 13.3. The molecular formula is C29H43NO2. The Hall–Kier alpha value is -1.35. The van der Waals surface area contributed by atoms with Gasteiger partial charge < -0.3 is 10.0 Å². The lowest BCUT2D eigenvalue weighted by Crippen LogP contribution is -2.52. The molecule has 5 rings (SSSR count). The molecule has 1 aromatic carbocycles. The standard InChI is InChI=1S/C29H43NO2/c1-19(30(4)27(31)20-8-6-5-7-9-20)25-12-13-26-24-11-10-21-18-28(2,32)16-14-22(21)23(24)15-17-29(25,26)3/h5-9,19,21-26,32H,10-18H2,1-4H3/t19-,21+,22-,23+,24+,25?,26-,28+,29+/m0/s1. The van der Waals surface area contributed by atoms with Crippen molar-refractivity contribution in [2.75, 3.05) is 7.05 Å². The van der Waals surface area contributed by atoms with Crippen molar-refractivity contribution >= 4 is 5.91 Å². The number of rotatable bonds is 3. The second-order valence-electron chi connectivity index (χ2n) is 12.4. The number of fused-ring (bicyclic) bond motifs is 5. The highest BCUT2D eigenvalue weighted by molar-refractivity contribution is 5.94. The van der Waals surface area contributed by atoms with Gasteiger partial charge in [-0.1, -0.05) is 25.1 Å². The molecule has 0 bridgehead atoms. The lowest BCUT2D eigenvalue weighted by atomic mass is 9.48. The van der Waals surface area contributed by atoms with Crippen LogP contribution in [0.4, 0.5) is 0 Å². The van der Waals surface area contributed by atoms with Crippen LogP contribution in [-0.4, -0.2) is 34.6 Å². The number of aliphatic hydroxyl groups is 1. The Labute approximate surface area is 195 Å². The van der Waals surface area contributed by atoms with Crippen LogP contribution in [-0.2, 0) is 0 Å². The number of carbonyl (C=O) groups is 1. The van der Waals surface area contributed by atoms with E-state index in [0.717, 1.165) is 48.0 Å². The Morgan fingerprint density at radius 3 is 2.44 bits per heavy atom. The van der Waals surface area contributed by atoms with Crippen molar-refractivity contribution in [1.82, 2.24) is 4.90 Å². The maximum atomic E-state index is 13.2. The van der Waals surface area contributed by atoms with Gasteiger partial charge in [0.15, 0.2) is 0 Å². The number of amides is 1. The van der Waals surface area contributed by atoms with E-state index in [2.05, 4.69) is 20.8 Å². The molecule has 3 nitrogen and oxygen atoms in total. The van der Waals surface area contributed by atoms with Crippen molar-refractivity contribution in [3.05, 3.63) is 35.9 Å². The predicted molar refractivity (Wildman–Crippen MR) is 129 cm³/mol. The highest BCUT2D eigenvalue weighted by atomic mass is 16.3. The second-order valence-corrected chi connectivity index (χ2v) is 12.4. The molecule has 4 aliphatic carbocycles. The van der Waals surface area contributed by atoms with Gasteiger partial charge in [0.1, 0.15) is 0 Å². The SMILES string of the molecule is C[C@@H](C1CC[C@H]2[C@@H]3CC[C@@H]4C[C@](C)(O)CC[C@@H]4[C@H]3CC[C@]12C)N(C)C(=O)c1ccccc1. The third-order valence-electron chi connectivity index (χ3n) is 10.8. The highest BCUT2D eigenvalue weighted by Gasteiger charge is 2.58. The largest absolute Gasteiger partial charge is 0.390 e. The lowest BCUT2D eigenvalue weighted by molar-refractivity contribution is -0.103.